The number of nitrogens with zero attached hydrogens (tertiary/aromatic N) is 2. The van der Waals surface area contributed by atoms with Crippen LogP contribution in [0.4, 0.5) is 0 Å². The van der Waals surface area contributed by atoms with Gasteiger partial charge in [-0.15, -0.1) is 0 Å². The van der Waals surface area contributed by atoms with Gasteiger partial charge in [-0.2, -0.15) is 4.31 Å². The van der Waals surface area contributed by atoms with E-state index in [0.29, 0.717) is 25.2 Å². The van der Waals surface area contributed by atoms with Crippen molar-refractivity contribution in [1.29, 1.82) is 0 Å². The lowest BCUT2D eigenvalue weighted by atomic mass is 10.0. The van der Waals surface area contributed by atoms with E-state index in [2.05, 4.69) is 24.1 Å². The predicted molar refractivity (Wildman–Crippen MR) is 135 cm³/mol. The maximum absolute atomic E-state index is 13.2. The fraction of sp³-hybridized carbons (Fsp3) is 0.500. The van der Waals surface area contributed by atoms with Gasteiger partial charge in [-0.05, 0) is 68.2 Å². The number of ether oxygens (including phenoxy) is 1. The predicted octanol–water partition coefficient (Wildman–Crippen LogP) is 3.99. The number of sulfonamides is 1. The number of carbonyl (C=O) groups is 1. The molecule has 7 nitrogen and oxygen atoms in total. The van der Waals surface area contributed by atoms with Crippen LogP contribution in [-0.2, 0) is 10.0 Å². The molecule has 1 heterocycles. The minimum Gasteiger partial charge on any atom is -0.497 e. The van der Waals surface area contributed by atoms with Crippen molar-refractivity contribution in [3.05, 3.63) is 59.2 Å². The van der Waals surface area contributed by atoms with Crippen molar-refractivity contribution >= 4 is 15.9 Å². The minimum absolute atomic E-state index is 0.0328. The van der Waals surface area contributed by atoms with Crippen LogP contribution in [0.15, 0.2) is 47.4 Å². The Balaban J connectivity index is 1.82. The molecule has 0 bridgehead atoms. The summed E-state index contributed by atoms with van der Waals surface area (Å²) in [5, 5.41) is 3.05. The molecular weight excluding hydrogens is 450 g/mol. The van der Waals surface area contributed by atoms with Crippen LogP contribution in [0.25, 0.3) is 0 Å². The Kier molecular flexibility index (Phi) is 9.10. The molecule has 1 fully saturated rings. The zero-order valence-corrected chi connectivity index (χ0v) is 21.5. The van der Waals surface area contributed by atoms with Gasteiger partial charge in [0.15, 0.2) is 0 Å². The van der Waals surface area contributed by atoms with Gasteiger partial charge in [0.1, 0.15) is 5.75 Å². The normalized spacial score (nSPS) is 15.8. The first kappa shape index (κ1) is 26.2. The summed E-state index contributed by atoms with van der Waals surface area (Å²) >= 11 is 0. The van der Waals surface area contributed by atoms with E-state index in [-0.39, 0.29) is 16.8 Å². The van der Waals surface area contributed by atoms with E-state index < -0.39 is 10.0 Å². The summed E-state index contributed by atoms with van der Waals surface area (Å²) in [6, 6.07) is 12.7. The molecule has 1 aliphatic rings. The van der Waals surface area contributed by atoms with Gasteiger partial charge in [-0.25, -0.2) is 8.42 Å². The quantitative estimate of drug-likeness (QED) is 0.548. The number of piperidine rings is 1. The third kappa shape index (κ3) is 5.98. The van der Waals surface area contributed by atoms with Crippen molar-refractivity contribution in [2.24, 2.45) is 0 Å². The summed E-state index contributed by atoms with van der Waals surface area (Å²) in [6.45, 7) is 9.14. The molecule has 0 aliphatic carbocycles. The fourth-order valence-electron chi connectivity index (χ4n) is 4.52. The molecule has 1 saturated heterocycles. The summed E-state index contributed by atoms with van der Waals surface area (Å²) in [5.41, 5.74) is 2.19. The fourth-order valence-corrected chi connectivity index (χ4v) is 6.06. The van der Waals surface area contributed by atoms with Gasteiger partial charge in [0.25, 0.3) is 5.91 Å². The first-order valence-corrected chi connectivity index (χ1v) is 13.5. The second-order valence-corrected chi connectivity index (χ2v) is 10.6. The molecule has 2 aromatic carbocycles. The highest BCUT2D eigenvalue weighted by molar-refractivity contribution is 7.89. The Morgan fingerprint density at radius 1 is 1.09 bits per heavy atom. The van der Waals surface area contributed by atoms with Gasteiger partial charge in [0, 0.05) is 25.2 Å². The second-order valence-electron chi connectivity index (χ2n) is 8.67. The van der Waals surface area contributed by atoms with Crippen molar-refractivity contribution in [2.45, 2.75) is 51.0 Å². The lowest BCUT2D eigenvalue weighted by molar-refractivity contribution is 0.0934. The van der Waals surface area contributed by atoms with Crippen LogP contribution in [-0.4, -0.2) is 63.4 Å². The number of hydrogen-bond acceptors (Lipinski definition) is 5. The number of nitrogens with one attached hydrogen (secondary N) is 1. The van der Waals surface area contributed by atoms with E-state index >= 15 is 0 Å². The second kappa shape index (κ2) is 11.8. The molecular formula is C26H37N3O4S. The number of benzene rings is 2. The van der Waals surface area contributed by atoms with Crippen LogP contribution >= 0.6 is 0 Å². The lowest BCUT2D eigenvalue weighted by Gasteiger charge is -2.30. The van der Waals surface area contributed by atoms with Crippen LogP contribution < -0.4 is 10.1 Å². The van der Waals surface area contributed by atoms with Crippen molar-refractivity contribution in [3.8, 4) is 5.75 Å². The minimum atomic E-state index is -3.61. The maximum atomic E-state index is 13.2. The van der Waals surface area contributed by atoms with Crippen LogP contribution in [0.3, 0.4) is 0 Å². The summed E-state index contributed by atoms with van der Waals surface area (Å²) in [6.07, 6.45) is 2.79. The molecule has 0 radical (unpaired) electrons. The topological polar surface area (TPSA) is 79.0 Å². The smallest absolute Gasteiger partial charge is 0.251 e. The van der Waals surface area contributed by atoms with E-state index in [4.69, 9.17) is 4.74 Å². The monoisotopic (exact) mass is 487 g/mol. The van der Waals surface area contributed by atoms with E-state index in [9.17, 15) is 13.2 Å². The van der Waals surface area contributed by atoms with E-state index in [0.717, 1.165) is 49.2 Å². The molecule has 1 atom stereocenters. The Morgan fingerprint density at radius 3 is 2.44 bits per heavy atom. The molecule has 0 saturated carbocycles. The summed E-state index contributed by atoms with van der Waals surface area (Å²) in [4.78, 5) is 15.7. The number of hydrogen-bond donors (Lipinski definition) is 1. The first-order chi connectivity index (χ1) is 16.3. The van der Waals surface area contributed by atoms with Crippen molar-refractivity contribution in [3.63, 3.8) is 0 Å². The zero-order chi connectivity index (χ0) is 24.7. The van der Waals surface area contributed by atoms with Crippen molar-refractivity contribution < 1.29 is 17.9 Å². The molecule has 1 aliphatic heterocycles. The molecule has 1 unspecified atom stereocenters. The number of methoxy groups -OCH3 is 1. The Labute approximate surface area is 204 Å². The molecule has 1 amide bonds. The zero-order valence-electron chi connectivity index (χ0n) is 20.7. The van der Waals surface area contributed by atoms with Crippen molar-refractivity contribution in [1.82, 2.24) is 14.5 Å². The third-order valence-corrected chi connectivity index (χ3v) is 8.49. The van der Waals surface area contributed by atoms with Gasteiger partial charge in [-0.3, -0.25) is 9.69 Å². The third-order valence-electron chi connectivity index (χ3n) is 6.59. The standard InChI is InChI=1S/C26H37N3O4S/c1-5-28(6-2)25(21-11-10-12-22(17-21)33-4)19-27-26(30)24-18-23(14-13-20(24)3)34(31,32)29-15-8-7-9-16-29/h10-14,17-18,25H,5-9,15-16,19H2,1-4H3,(H,27,30). The highest BCUT2D eigenvalue weighted by atomic mass is 32.2. The summed E-state index contributed by atoms with van der Waals surface area (Å²) in [5.74, 6) is 0.501. The molecule has 186 valence electrons. The Bertz CT molecular complexity index is 1080. The molecule has 8 heteroatoms. The van der Waals surface area contributed by atoms with Crippen LogP contribution in [0.1, 0.15) is 60.6 Å². The number of likely N-dealkylation sites (N-methyl/N-ethyl adjacent to an activating group) is 1. The van der Waals surface area contributed by atoms with Crippen LogP contribution in [0.2, 0.25) is 0 Å². The SMILES string of the molecule is CCN(CC)C(CNC(=O)c1cc(S(=O)(=O)N2CCCCC2)ccc1C)c1cccc(OC)c1. The molecule has 3 rings (SSSR count). The number of carbonyl (C=O) groups excluding carboxylic acids is 1. The highest BCUT2D eigenvalue weighted by Gasteiger charge is 2.27. The molecule has 0 aromatic heterocycles. The average molecular weight is 488 g/mol. The van der Waals surface area contributed by atoms with Crippen LogP contribution in [0, 0.1) is 6.92 Å². The van der Waals surface area contributed by atoms with Gasteiger partial charge in [0.2, 0.25) is 10.0 Å². The maximum Gasteiger partial charge on any atom is 0.251 e. The number of amides is 1. The van der Waals surface area contributed by atoms with Gasteiger partial charge >= 0.3 is 0 Å². The Hall–Kier alpha value is -2.42. The van der Waals surface area contributed by atoms with Crippen molar-refractivity contribution in [2.75, 3.05) is 39.8 Å². The summed E-state index contributed by atoms with van der Waals surface area (Å²) in [7, 11) is -1.97. The summed E-state index contributed by atoms with van der Waals surface area (Å²) < 4.78 is 33.2. The van der Waals surface area contributed by atoms with Gasteiger partial charge < -0.3 is 10.1 Å². The molecule has 1 N–H and O–H groups in total. The lowest BCUT2D eigenvalue weighted by Crippen LogP contribution is -2.38. The molecule has 34 heavy (non-hydrogen) atoms. The van der Waals surface area contributed by atoms with Gasteiger partial charge in [-0.1, -0.05) is 38.5 Å². The number of aryl methyl sites for hydroxylation is 1. The average Bonchev–Trinajstić information content (AvgIpc) is 2.87. The van der Waals surface area contributed by atoms with E-state index in [1.54, 1.807) is 19.2 Å². The van der Waals surface area contributed by atoms with E-state index in [1.807, 2.05) is 31.2 Å². The first-order valence-electron chi connectivity index (χ1n) is 12.1. The highest BCUT2D eigenvalue weighted by Crippen LogP contribution is 2.25. The largest absolute Gasteiger partial charge is 0.497 e. The van der Waals surface area contributed by atoms with Gasteiger partial charge in [0.05, 0.1) is 18.0 Å². The van der Waals surface area contributed by atoms with E-state index in [1.165, 1.54) is 10.4 Å². The molecule has 2 aromatic rings. The molecule has 0 spiro atoms. The number of rotatable bonds is 10. The Morgan fingerprint density at radius 2 is 1.79 bits per heavy atom. The van der Waals surface area contributed by atoms with Crippen LogP contribution in [0.5, 0.6) is 5.75 Å².